The minimum Gasteiger partial charge on any atom is -0.472 e. The van der Waals surface area contributed by atoms with Gasteiger partial charge in [0.05, 0.1) is 11.1 Å². The summed E-state index contributed by atoms with van der Waals surface area (Å²) in [6.45, 7) is 2.38. The Kier molecular flexibility index (Phi) is 5.95. The third kappa shape index (κ3) is 4.86. The van der Waals surface area contributed by atoms with Crippen LogP contribution in [0.1, 0.15) is 28.8 Å². The van der Waals surface area contributed by atoms with Crippen molar-refractivity contribution in [2.45, 2.75) is 29.2 Å². The predicted molar refractivity (Wildman–Crippen MR) is 113 cm³/mol. The number of ether oxygens (including phenoxy) is 1. The molecule has 0 aliphatic carbocycles. The van der Waals surface area contributed by atoms with Gasteiger partial charge in [0.2, 0.25) is 17.7 Å². The number of amides is 1. The topological polar surface area (TPSA) is 81.3 Å². The number of carbonyl (C=O) groups is 1. The molecule has 148 valence electrons. The van der Waals surface area contributed by atoms with Gasteiger partial charge in [-0.15, -0.1) is 0 Å². The Bertz CT molecular complexity index is 974. The minimum atomic E-state index is -0.438. The first-order chi connectivity index (χ1) is 14.2. The highest BCUT2D eigenvalue weighted by atomic mass is 32.2. The smallest absolute Gasteiger partial charge is 0.248 e. The monoisotopic (exact) mass is 406 g/mol. The molecular formula is C22H22N4O2S. The zero-order valence-corrected chi connectivity index (χ0v) is 16.8. The molecule has 6 nitrogen and oxygen atoms in total. The molecule has 2 N–H and O–H groups in total. The summed E-state index contributed by atoms with van der Waals surface area (Å²) in [6.07, 6.45) is 4.13. The molecule has 0 atom stereocenters. The molecule has 4 rings (SSSR count). The van der Waals surface area contributed by atoms with Crippen LogP contribution < -0.4 is 15.4 Å². The Hall–Kier alpha value is -3.06. The van der Waals surface area contributed by atoms with Gasteiger partial charge in [-0.1, -0.05) is 42.1 Å². The number of primary amides is 1. The van der Waals surface area contributed by atoms with Gasteiger partial charge in [0.1, 0.15) is 6.61 Å². The van der Waals surface area contributed by atoms with Crippen molar-refractivity contribution in [2.24, 2.45) is 5.73 Å². The van der Waals surface area contributed by atoms with Gasteiger partial charge in [-0.2, -0.15) is 4.98 Å². The fourth-order valence-electron chi connectivity index (χ4n) is 3.13. The van der Waals surface area contributed by atoms with Gasteiger partial charge in [-0.3, -0.25) is 4.79 Å². The maximum atomic E-state index is 11.3. The summed E-state index contributed by atoms with van der Waals surface area (Å²) in [5, 5.41) is 0. The van der Waals surface area contributed by atoms with Crippen LogP contribution in [0.3, 0.4) is 0 Å². The van der Waals surface area contributed by atoms with Crippen LogP contribution in [0, 0.1) is 0 Å². The third-order valence-corrected chi connectivity index (χ3v) is 5.69. The summed E-state index contributed by atoms with van der Waals surface area (Å²) < 4.78 is 6.08. The summed E-state index contributed by atoms with van der Waals surface area (Å²) in [5.74, 6) is 0.834. The van der Waals surface area contributed by atoms with Crippen LogP contribution in [0.2, 0.25) is 0 Å². The zero-order chi connectivity index (χ0) is 20.1. The van der Waals surface area contributed by atoms with E-state index in [9.17, 15) is 4.79 Å². The van der Waals surface area contributed by atoms with E-state index in [1.807, 2.05) is 48.7 Å². The van der Waals surface area contributed by atoms with E-state index in [-0.39, 0.29) is 0 Å². The van der Waals surface area contributed by atoms with Crippen molar-refractivity contribution in [2.75, 3.05) is 18.0 Å². The van der Waals surface area contributed by atoms with Crippen molar-refractivity contribution < 1.29 is 9.53 Å². The average Bonchev–Trinajstić information content (AvgIpc) is 3.29. The standard InChI is InChI=1S/C22H22N4O2S/c23-20(27)17-8-10-18(11-9-17)29-19-14-24-22(26-12-4-5-13-26)25-21(19)28-15-16-6-2-1-3-7-16/h1-3,6-11,14H,4-5,12-13,15H2,(H2,23,27). The number of nitrogens with two attached hydrogens (primary N) is 1. The molecule has 29 heavy (non-hydrogen) atoms. The fourth-order valence-corrected chi connectivity index (χ4v) is 3.95. The average molecular weight is 407 g/mol. The first-order valence-corrected chi connectivity index (χ1v) is 10.4. The van der Waals surface area contributed by atoms with E-state index in [0.717, 1.165) is 41.3 Å². The number of aromatic nitrogens is 2. The van der Waals surface area contributed by atoms with Crippen molar-refractivity contribution >= 4 is 23.6 Å². The lowest BCUT2D eigenvalue weighted by Crippen LogP contribution is -2.20. The number of nitrogens with zero attached hydrogens (tertiary/aromatic N) is 3. The van der Waals surface area contributed by atoms with Crippen molar-refractivity contribution in [1.82, 2.24) is 9.97 Å². The van der Waals surface area contributed by atoms with Crippen LogP contribution in [0.5, 0.6) is 5.88 Å². The lowest BCUT2D eigenvalue weighted by molar-refractivity contribution is 0.1000. The molecule has 0 spiro atoms. The second-order valence-electron chi connectivity index (χ2n) is 6.80. The van der Waals surface area contributed by atoms with Gasteiger partial charge >= 0.3 is 0 Å². The molecule has 2 aromatic carbocycles. The zero-order valence-electron chi connectivity index (χ0n) is 16.0. The van der Waals surface area contributed by atoms with Crippen LogP contribution in [0.4, 0.5) is 5.95 Å². The van der Waals surface area contributed by atoms with E-state index in [2.05, 4.69) is 9.88 Å². The molecule has 1 amide bonds. The van der Waals surface area contributed by atoms with Crippen molar-refractivity contribution in [3.8, 4) is 5.88 Å². The number of benzene rings is 2. The molecule has 1 fully saturated rings. The van der Waals surface area contributed by atoms with Crippen LogP contribution in [0.25, 0.3) is 0 Å². The molecule has 1 aliphatic rings. The number of carbonyl (C=O) groups excluding carboxylic acids is 1. The molecular weight excluding hydrogens is 384 g/mol. The normalized spacial score (nSPS) is 13.4. The molecule has 1 aromatic heterocycles. The lowest BCUT2D eigenvalue weighted by atomic mass is 10.2. The first-order valence-electron chi connectivity index (χ1n) is 9.55. The summed E-state index contributed by atoms with van der Waals surface area (Å²) >= 11 is 1.50. The maximum Gasteiger partial charge on any atom is 0.248 e. The summed E-state index contributed by atoms with van der Waals surface area (Å²) in [6, 6.07) is 17.2. The van der Waals surface area contributed by atoms with Crippen molar-refractivity contribution in [3.05, 3.63) is 71.9 Å². The van der Waals surface area contributed by atoms with Crippen LogP contribution >= 0.6 is 11.8 Å². The van der Waals surface area contributed by atoms with Gasteiger partial charge in [-0.25, -0.2) is 4.98 Å². The molecule has 3 aromatic rings. The minimum absolute atomic E-state index is 0.436. The van der Waals surface area contributed by atoms with E-state index >= 15 is 0 Å². The van der Waals surface area contributed by atoms with Gasteiger partial charge < -0.3 is 15.4 Å². The number of rotatable bonds is 7. The Morgan fingerprint density at radius 1 is 1.07 bits per heavy atom. The molecule has 0 bridgehead atoms. The van der Waals surface area contributed by atoms with Crippen LogP contribution in [-0.2, 0) is 6.61 Å². The second kappa shape index (κ2) is 8.96. The highest BCUT2D eigenvalue weighted by Crippen LogP contribution is 2.35. The SMILES string of the molecule is NC(=O)c1ccc(Sc2cnc(N3CCCC3)nc2OCc2ccccc2)cc1. The van der Waals surface area contributed by atoms with Crippen molar-refractivity contribution in [1.29, 1.82) is 0 Å². The number of hydrogen-bond acceptors (Lipinski definition) is 6. The molecule has 2 heterocycles. The Labute approximate surface area is 174 Å². The molecule has 1 saturated heterocycles. The Balaban J connectivity index is 1.57. The Morgan fingerprint density at radius 2 is 1.79 bits per heavy atom. The number of anilines is 1. The van der Waals surface area contributed by atoms with E-state index in [1.54, 1.807) is 12.1 Å². The first kappa shape index (κ1) is 19.3. The van der Waals surface area contributed by atoms with E-state index in [4.69, 9.17) is 15.5 Å². The number of hydrogen-bond donors (Lipinski definition) is 1. The van der Waals surface area contributed by atoms with E-state index in [1.165, 1.54) is 11.8 Å². The van der Waals surface area contributed by atoms with Gasteiger partial charge in [0.25, 0.3) is 0 Å². The summed E-state index contributed by atoms with van der Waals surface area (Å²) in [4.78, 5) is 24.5. The molecule has 0 radical (unpaired) electrons. The molecule has 1 aliphatic heterocycles. The quantitative estimate of drug-likeness (QED) is 0.641. The van der Waals surface area contributed by atoms with Gasteiger partial charge in [-0.05, 0) is 42.7 Å². The van der Waals surface area contributed by atoms with Crippen LogP contribution in [-0.4, -0.2) is 29.0 Å². The lowest BCUT2D eigenvalue weighted by Gasteiger charge is -2.17. The van der Waals surface area contributed by atoms with Gasteiger partial charge in [0, 0.05) is 23.5 Å². The molecule has 0 unspecified atom stereocenters. The maximum absolute atomic E-state index is 11.3. The highest BCUT2D eigenvalue weighted by Gasteiger charge is 2.18. The Morgan fingerprint density at radius 3 is 2.48 bits per heavy atom. The predicted octanol–water partition coefficient (Wildman–Crippen LogP) is 3.91. The highest BCUT2D eigenvalue weighted by molar-refractivity contribution is 7.99. The fraction of sp³-hybridized carbons (Fsp3) is 0.227. The van der Waals surface area contributed by atoms with Crippen LogP contribution in [0.15, 0.2) is 70.6 Å². The van der Waals surface area contributed by atoms with E-state index < -0.39 is 5.91 Å². The largest absolute Gasteiger partial charge is 0.472 e. The summed E-state index contributed by atoms with van der Waals surface area (Å²) in [5.41, 5.74) is 6.88. The second-order valence-corrected chi connectivity index (χ2v) is 7.91. The van der Waals surface area contributed by atoms with Crippen molar-refractivity contribution in [3.63, 3.8) is 0 Å². The van der Waals surface area contributed by atoms with E-state index in [0.29, 0.717) is 24.0 Å². The van der Waals surface area contributed by atoms with Gasteiger partial charge in [0.15, 0.2) is 0 Å². The molecule has 7 heteroatoms. The summed E-state index contributed by atoms with van der Waals surface area (Å²) in [7, 11) is 0. The molecule has 0 saturated carbocycles. The third-order valence-electron chi connectivity index (χ3n) is 4.68.